The van der Waals surface area contributed by atoms with Crippen molar-refractivity contribution in [3.8, 4) is 0 Å². The molecule has 1 aromatic rings. The maximum atomic E-state index is 12.4. The summed E-state index contributed by atoms with van der Waals surface area (Å²) in [5, 5.41) is 0. The van der Waals surface area contributed by atoms with Gasteiger partial charge in [0.15, 0.2) is 0 Å². The van der Waals surface area contributed by atoms with Crippen LogP contribution in [0.15, 0.2) is 24.3 Å². The second kappa shape index (κ2) is 3.74. The van der Waals surface area contributed by atoms with Crippen LogP contribution in [0.2, 0.25) is 0 Å². The zero-order valence-corrected chi connectivity index (χ0v) is 7.11. The van der Waals surface area contributed by atoms with E-state index in [0.29, 0.717) is 0 Å². The van der Waals surface area contributed by atoms with E-state index in [-0.39, 0.29) is 11.9 Å². The quantitative estimate of drug-likeness (QED) is 0.651. The second-order valence-corrected chi connectivity index (χ2v) is 2.66. The number of halogens is 1. The molecule has 1 nitrogen and oxygen atoms in total. The van der Waals surface area contributed by atoms with Crippen molar-refractivity contribution < 1.29 is 4.39 Å². The summed E-state index contributed by atoms with van der Waals surface area (Å²) < 4.78 is 15.2. The number of hydrogen-bond donors (Lipinski definition) is 2. The molecule has 0 bridgehead atoms. The van der Waals surface area contributed by atoms with E-state index in [2.05, 4.69) is 17.5 Å². The number of thiol groups is 1. The first kappa shape index (κ1) is 8.56. The maximum Gasteiger partial charge on any atom is 0.123 e. The molecule has 0 aliphatic heterocycles. The molecule has 3 heteroatoms. The second-order valence-electron chi connectivity index (χ2n) is 2.40. The van der Waals surface area contributed by atoms with Gasteiger partial charge in [-0.3, -0.25) is 4.72 Å². The average molecular weight is 171 g/mol. The largest absolute Gasteiger partial charge is 0.260 e. The molecule has 0 spiro atoms. The van der Waals surface area contributed by atoms with Gasteiger partial charge in [-0.25, -0.2) is 4.39 Å². The fourth-order valence-corrected chi connectivity index (χ4v) is 0.975. The Hall–Kier alpha value is -0.540. The fraction of sp³-hybridized carbons (Fsp3) is 0.250. The molecule has 0 saturated carbocycles. The van der Waals surface area contributed by atoms with Gasteiger partial charge in [-0.05, 0) is 24.6 Å². The van der Waals surface area contributed by atoms with Crippen LogP contribution in [0, 0.1) is 5.82 Å². The highest BCUT2D eigenvalue weighted by Crippen LogP contribution is 2.12. The predicted molar refractivity (Wildman–Crippen MR) is 46.9 cm³/mol. The van der Waals surface area contributed by atoms with E-state index in [1.165, 1.54) is 12.1 Å². The zero-order valence-electron chi connectivity index (χ0n) is 6.21. The maximum absolute atomic E-state index is 12.4. The van der Waals surface area contributed by atoms with Crippen LogP contribution in [0.3, 0.4) is 0 Å². The van der Waals surface area contributed by atoms with Crippen LogP contribution in [-0.4, -0.2) is 0 Å². The van der Waals surface area contributed by atoms with Crippen LogP contribution in [0.5, 0.6) is 0 Å². The van der Waals surface area contributed by atoms with Gasteiger partial charge < -0.3 is 0 Å². The number of nitrogens with one attached hydrogen (secondary N) is 1. The van der Waals surface area contributed by atoms with Crippen molar-refractivity contribution in [3.63, 3.8) is 0 Å². The predicted octanol–water partition coefficient (Wildman–Crippen LogP) is 2.32. The van der Waals surface area contributed by atoms with Crippen LogP contribution in [-0.2, 0) is 0 Å². The molecule has 0 fully saturated rings. The third kappa shape index (κ3) is 2.20. The highest BCUT2D eigenvalue weighted by atomic mass is 32.1. The molecule has 0 radical (unpaired) electrons. The van der Waals surface area contributed by atoms with Gasteiger partial charge in [-0.15, -0.1) is 0 Å². The lowest BCUT2D eigenvalue weighted by atomic mass is 10.1. The van der Waals surface area contributed by atoms with Gasteiger partial charge >= 0.3 is 0 Å². The van der Waals surface area contributed by atoms with E-state index in [9.17, 15) is 4.39 Å². The standard InChI is InChI=1S/C8H10FNS/c1-6(10-11)7-2-4-8(9)5-3-7/h2-6,10-11H,1H3. The first-order valence-electron chi connectivity index (χ1n) is 3.39. The molecule has 1 atom stereocenters. The Kier molecular flexibility index (Phi) is 2.91. The number of hydrogen-bond acceptors (Lipinski definition) is 2. The van der Waals surface area contributed by atoms with E-state index in [0.717, 1.165) is 5.56 Å². The lowest BCUT2D eigenvalue weighted by molar-refractivity contribution is 0.625. The van der Waals surface area contributed by atoms with E-state index in [4.69, 9.17) is 0 Å². The van der Waals surface area contributed by atoms with Crippen molar-refractivity contribution in [1.82, 2.24) is 4.72 Å². The molecular weight excluding hydrogens is 161 g/mol. The Labute approximate surface area is 71.2 Å². The van der Waals surface area contributed by atoms with E-state index >= 15 is 0 Å². The summed E-state index contributed by atoms with van der Waals surface area (Å²) in [5.74, 6) is -0.208. The smallest absolute Gasteiger partial charge is 0.123 e. The summed E-state index contributed by atoms with van der Waals surface area (Å²) in [6.07, 6.45) is 0. The SMILES string of the molecule is CC(NS)c1ccc(F)cc1. The van der Waals surface area contributed by atoms with Crippen molar-refractivity contribution in [3.05, 3.63) is 35.6 Å². The third-order valence-corrected chi connectivity index (χ3v) is 1.95. The van der Waals surface area contributed by atoms with Crippen LogP contribution >= 0.6 is 12.8 Å². The first-order chi connectivity index (χ1) is 5.24. The normalized spacial score (nSPS) is 13.0. The van der Waals surface area contributed by atoms with Crippen LogP contribution in [0.25, 0.3) is 0 Å². The van der Waals surface area contributed by atoms with Gasteiger partial charge in [0.05, 0.1) is 0 Å². The Balaban J connectivity index is 2.81. The van der Waals surface area contributed by atoms with Gasteiger partial charge in [0.1, 0.15) is 5.82 Å². The molecule has 0 aromatic heterocycles. The summed E-state index contributed by atoms with van der Waals surface area (Å²) in [6.45, 7) is 1.96. The Morgan fingerprint density at radius 2 is 1.91 bits per heavy atom. The monoisotopic (exact) mass is 171 g/mol. The van der Waals surface area contributed by atoms with E-state index in [1.54, 1.807) is 12.1 Å². The van der Waals surface area contributed by atoms with Gasteiger partial charge in [-0.1, -0.05) is 24.9 Å². The molecule has 1 N–H and O–H groups in total. The molecule has 60 valence electrons. The minimum atomic E-state index is -0.208. The average Bonchev–Trinajstić information content (AvgIpc) is 2.05. The molecule has 0 saturated heterocycles. The van der Waals surface area contributed by atoms with Crippen molar-refractivity contribution in [2.45, 2.75) is 13.0 Å². The van der Waals surface area contributed by atoms with Crippen molar-refractivity contribution in [2.75, 3.05) is 0 Å². The number of benzene rings is 1. The molecular formula is C8H10FNS. The zero-order chi connectivity index (χ0) is 8.27. The summed E-state index contributed by atoms with van der Waals surface area (Å²) in [6, 6.07) is 6.51. The Morgan fingerprint density at radius 1 is 1.36 bits per heavy atom. The summed E-state index contributed by atoms with van der Waals surface area (Å²) >= 11 is 3.91. The van der Waals surface area contributed by atoms with Crippen molar-refractivity contribution in [1.29, 1.82) is 0 Å². The molecule has 0 aliphatic carbocycles. The first-order valence-corrected chi connectivity index (χ1v) is 3.84. The minimum Gasteiger partial charge on any atom is -0.260 e. The molecule has 0 amide bonds. The minimum absolute atomic E-state index is 0.152. The molecule has 0 heterocycles. The third-order valence-electron chi connectivity index (χ3n) is 1.56. The molecule has 0 aliphatic rings. The van der Waals surface area contributed by atoms with Crippen LogP contribution < -0.4 is 4.72 Å². The molecule has 1 rings (SSSR count). The highest BCUT2D eigenvalue weighted by molar-refractivity contribution is 7.78. The summed E-state index contributed by atoms with van der Waals surface area (Å²) in [4.78, 5) is 0. The van der Waals surface area contributed by atoms with E-state index in [1.807, 2.05) is 6.92 Å². The molecule has 1 unspecified atom stereocenters. The van der Waals surface area contributed by atoms with Gasteiger partial charge in [0.2, 0.25) is 0 Å². The highest BCUT2D eigenvalue weighted by Gasteiger charge is 2.00. The lowest BCUT2D eigenvalue weighted by Gasteiger charge is -2.08. The lowest BCUT2D eigenvalue weighted by Crippen LogP contribution is -2.06. The summed E-state index contributed by atoms with van der Waals surface area (Å²) in [7, 11) is 0. The van der Waals surface area contributed by atoms with Crippen LogP contribution in [0.1, 0.15) is 18.5 Å². The Morgan fingerprint density at radius 3 is 2.36 bits per heavy atom. The summed E-state index contributed by atoms with van der Waals surface area (Å²) in [5.41, 5.74) is 1.03. The Bertz CT molecular complexity index is 222. The molecule has 1 aromatic carbocycles. The number of rotatable bonds is 2. The fourth-order valence-electron chi connectivity index (χ4n) is 0.826. The van der Waals surface area contributed by atoms with Gasteiger partial charge in [0.25, 0.3) is 0 Å². The van der Waals surface area contributed by atoms with Crippen molar-refractivity contribution >= 4 is 12.8 Å². The van der Waals surface area contributed by atoms with Gasteiger partial charge in [0, 0.05) is 6.04 Å². The van der Waals surface area contributed by atoms with E-state index < -0.39 is 0 Å². The van der Waals surface area contributed by atoms with Crippen LogP contribution in [0.4, 0.5) is 4.39 Å². The van der Waals surface area contributed by atoms with Gasteiger partial charge in [-0.2, -0.15) is 0 Å². The molecule has 11 heavy (non-hydrogen) atoms. The van der Waals surface area contributed by atoms with Crippen molar-refractivity contribution in [2.24, 2.45) is 0 Å². The topological polar surface area (TPSA) is 12.0 Å².